The summed E-state index contributed by atoms with van der Waals surface area (Å²) in [5, 5.41) is -0.193. The fourth-order valence-corrected chi connectivity index (χ4v) is 3.12. The van der Waals surface area contributed by atoms with E-state index in [-0.39, 0.29) is 27.7 Å². The molecule has 3 rings (SSSR count). The molecule has 0 saturated carbocycles. The number of carbonyl (C=O) groups excluding carboxylic acids is 1. The van der Waals surface area contributed by atoms with Crippen LogP contribution in [-0.4, -0.2) is 32.0 Å². The van der Waals surface area contributed by atoms with Crippen LogP contribution in [0.15, 0.2) is 48.5 Å². The third-order valence-electron chi connectivity index (χ3n) is 4.18. The fourth-order valence-electron chi connectivity index (χ4n) is 2.65. The molecule has 0 N–H and O–H groups in total. The van der Waals surface area contributed by atoms with Crippen molar-refractivity contribution < 1.29 is 48.5 Å². The van der Waals surface area contributed by atoms with Crippen molar-refractivity contribution in [3.05, 3.63) is 59.7 Å². The second-order valence-electron chi connectivity index (χ2n) is 6.29. The van der Waals surface area contributed by atoms with Crippen molar-refractivity contribution in [3.63, 3.8) is 0 Å². The number of esters is 1. The molecule has 0 bridgehead atoms. The van der Waals surface area contributed by atoms with Crippen molar-refractivity contribution in [2.24, 2.45) is 0 Å². The first-order chi connectivity index (χ1) is 14.7. The SMILES string of the molecule is COC(=O)c1ccc2c(OS(=O)(=O)C(F)(F)F)cc(-c3ccc(C(F)(F)F)cc3)nc2c1. The summed E-state index contributed by atoms with van der Waals surface area (Å²) in [5.74, 6) is -1.59. The molecule has 170 valence electrons. The summed E-state index contributed by atoms with van der Waals surface area (Å²) in [6, 6.07) is 7.66. The van der Waals surface area contributed by atoms with Crippen LogP contribution in [0, 0.1) is 0 Å². The lowest BCUT2D eigenvalue weighted by atomic mass is 10.1. The Labute approximate surface area is 176 Å². The second kappa shape index (κ2) is 7.97. The monoisotopic (exact) mass is 479 g/mol. The zero-order valence-electron chi connectivity index (χ0n) is 15.8. The molecule has 0 unspecified atom stereocenters. The van der Waals surface area contributed by atoms with Crippen LogP contribution in [0.3, 0.4) is 0 Å². The van der Waals surface area contributed by atoms with Gasteiger partial charge >= 0.3 is 27.8 Å². The number of ether oxygens (including phenoxy) is 1. The van der Waals surface area contributed by atoms with E-state index in [1.165, 1.54) is 0 Å². The van der Waals surface area contributed by atoms with Gasteiger partial charge in [0, 0.05) is 17.0 Å². The maximum absolute atomic E-state index is 12.8. The Kier molecular flexibility index (Phi) is 5.80. The quantitative estimate of drug-likeness (QED) is 0.228. The molecule has 0 aliphatic heterocycles. The standard InChI is InChI=1S/C19H11F6NO5S/c1-30-17(27)11-4-7-13-15(8-11)26-14(9-16(13)31-32(28,29)19(23,24)25)10-2-5-12(6-3-10)18(20,21)22/h2-9H,1H3. The largest absolute Gasteiger partial charge is 0.534 e. The van der Waals surface area contributed by atoms with Crippen LogP contribution in [0.25, 0.3) is 22.2 Å². The van der Waals surface area contributed by atoms with Crippen LogP contribution in [0.4, 0.5) is 26.3 Å². The maximum atomic E-state index is 12.8. The minimum Gasteiger partial charge on any atom is -0.465 e. The van der Waals surface area contributed by atoms with E-state index in [2.05, 4.69) is 13.9 Å². The van der Waals surface area contributed by atoms with Gasteiger partial charge in [0.25, 0.3) is 0 Å². The van der Waals surface area contributed by atoms with E-state index in [1.54, 1.807) is 0 Å². The predicted molar refractivity (Wildman–Crippen MR) is 99.1 cm³/mol. The molecule has 0 aliphatic carbocycles. The second-order valence-corrected chi connectivity index (χ2v) is 7.83. The molecule has 0 radical (unpaired) electrons. The van der Waals surface area contributed by atoms with Crippen molar-refractivity contribution in [2.75, 3.05) is 7.11 Å². The third kappa shape index (κ3) is 4.61. The van der Waals surface area contributed by atoms with Gasteiger partial charge < -0.3 is 8.92 Å². The number of benzene rings is 2. The number of nitrogens with zero attached hydrogens (tertiary/aromatic N) is 1. The smallest absolute Gasteiger partial charge is 0.465 e. The van der Waals surface area contributed by atoms with Gasteiger partial charge in [0.2, 0.25) is 0 Å². The summed E-state index contributed by atoms with van der Waals surface area (Å²) in [7, 11) is -4.98. The first-order valence-corrected chi connectivity index (χ1v) is 9.85. The molecule has 0 aliphatic rings. The van der Waals surface area contributed by atoms with Crippen LogP contribution in [0.5, 0.6) is 5.75 Å². The highest BCUT2D eigenvalue weighted by Crippen LogP contribution is 2.36. The molecule has 0 spiro atoms. The van der Waals surface area contributed by atoms with E-state index in [0.29, 0.717) is 0 Å². The lowest BCUT2D eigenvalue weighted by molar-refractivity contribution is -0.137. The molecular weight excluding hydrogens is 468 g/mol. The van der Waals surface area contributed by atoms with Gasteiger partial charge in [0.1, 0.15) is 0 Å². The summed E-state index contributed by atoms with van der Waals surface area (Å²) in [6.45, 7) is 0. The van der Waals surface area contributed by atoms with Gasteiger partial charge in [0.15, 0.2) is 5.75 Å². The van der Waals surface area contributed by atoms with Gasteiger partial charge in [-0.25, -0.2) is 9.78 Å². The molecular formula is C19H11F6NO5S. The lowest BCUT2D eigenvalue weighted by Crippen LogP contribution is -2.28. The maximum Gasteiger partial charge on any atom is 0.534 e. The Morgan fingerprint density at radius 1 is 0.938 bits per heavy atom. The van der Waals surface area contributed by atoms with Crippen LogP contribution in [-0.2, 0) is 21.0 Å². The highest BCUT2D eigenvalue weighted by atomic mass is 32.2. The third-order valence-corrected chi connectivity index (χ3v) is 5.15. The van der Waals surface area contributed by atoms with E-state index in [0.717, 1.165) is 55.6 Å². The molecule has 6 nitrogen and oxygen atoms in total. The topological polar surface area (TPSA) is 82.6 Å². The Morgan fingerprint density at radius 2 is 1.56 bits per heavy atom. The molecule has 0 saturated heterocycles. The molecule has 1 aromatic heterocycles. The normalized spacial score (nSPS) is 12.6. The van der Waals surface area contributed by atoms with Crippen molar-refractivity contribution in [3.8, 4) is 17.0 Å². The summed E-state index contributed by atoms with van der Waals surface area (Å²) in [5.41, 5.74) is -7.09. The summed E-state index contributed by atoms with van der Waals surface area (Å²) in [4.78, 5) is 15.9. The zero-order chi connectivity index (χ0) is 23.9. The van der Waals surface area contributed by atoms with Gasteiger partial charge in [-0.3, -0.25) is 0 Å². The summed E-state index contributed by atoms with van der Waals surface area (Å²) < 4.78 is 109. The average Bonchev–Trinajstić information content (AvgIpc) is 2.71. The van der Waals surface area contributed by atoms with Gasteiger partial charge in [-0.2, -0.15) is 34.8 Å². The number of halogens is 6. The zero-order valence-corrected chi connectivity index (χ0v) is 16.6. The summed E-state index contributed by atoms with van der Waals surface area (Å²) >= 11 is 0. The fraction of sp³-hybridized carbons (Fsp3) is 0.158. The Bertz CT molecular complexity index is 1280. The van der Waals surface area contributed by atoms with Gasteiger partial charge in [-0.15, -0.1) is 0 Å². The van der Waals surface area contributed by atoms with Gasteiger partial charge in [0.05, 0.1) is 29.4 Å². The molecule has 0 fully saturated rings. The average molecular weight is 479 g/mol. The van der Waals surface area contributed by atoms with Gasteiger partial charge in [-0.05, 0) is 30.3 Å². The van der Waals surface area contributed by atoms with E-state index < -0.39 is 39.1 Å². The minimum absolute atomic E-state index is 0.0256. The van der Waals surface area contributed by atoms with Crippen LogP contribution >= 0.6 is 0 Å². The van der Waals surface area contributed by atoms with Crippen LogP contribution in [0.1, 0.15) is 15.9 Å². The van der Waals surface area contributed by atoms with Gasteiger partial charge in [-0.1, -0.05) is 12.1 Å². The number of hydrogen-bond acceptors (Lipinski definition) is 6. The first kappa shape index (κ1) is 23.3. The Morgan fingerprint density at radius 3 is 2.09 bits per heavy atom. The number of rotatable bonds is 4. The molecule has 13 heteroatoms. The number of hydrogen-bond donors (Lipinski definition) is 0. The predicted octanol–water partition coefficient (Wildman–Crippen LogP) is 4.94. The number of fused-ring (bicyclic) bond motifs is 1. The number of methoxy groups -OCH3 is 1. The molecule has 0 amide bonds. The Hall–Kier alpha value is -3.35. The van der Waals surface area contributed by atoms with E-state index >= 15 is 0 Å². The molecule has 3 aromatic rings. The molecule has 1 heterocycles. The molecule has 32 heavy (non-hydrogen) atoms. The number of aromatic nitrogens is 1. The van der Waals surface area contributed by atoms with E-state index in [4.69, 9.17) is 0 Å². The van der Waals surface area contributed by atoms with Crippen LogP contribution in [0.2, 0.25) is 0 Å². The molecule has 0 atom stereocenters. The lowest BCUT2D eigenvalue weighted by Gasteiger charge is -2.14. The molecule has 2 aromatic carbocycles. The minimum atomic E-state index is -6.07. The first-order valence-electron chi connectivity index (χ1n) is 8.44. The highest BCUT2D eigenvalue weighted by Gasteiger charge is 2.48. The number of alkyl halides is 6. The van der Waals surface area contributed by atoms with Crippen molar-refractivity contribution in [1.82, 2.24) is 4.98 Å². The van der Waals surface area contributed by atoms with Crippen molar-refractivity contribution >= 4 is 27.0 Å². The van der Waals surface area contributed by atoms with E-state index in [1.807, 2.05) is 0 Å². The highest BCUT2D eigenvalue weighted by molar-refractivity contribution is 7.88. The van der Waals surface area contributed by atoms with Crippen LogP contribution < -0.4 is 4.18 Å². The Balaban J connectivity index is 2.21. The number of pyridine rings is 1. The number of carbonyl (C=O) groups is 1. The summed E-state index contributed by atoms with van der Waals surface area (Å²) in [6.07, 6.45) is -4.63. The van der Waals surface area contributed by atoms with Crippen molar-refractivity contribution in [1.29, 1.82) is 0 Å². The van der Waals surface area contributed by atoms with Crippen molar-refractivity contribution in [2.45, 2.75) is 11.7 Å². The van der Waals surface area contributed by atoms with E-state index in [9.17, 15) is 39.6 Å².